The van der Waals surface area contributed by atoms with Crippen LogP contribution < -0.4 is 0 Å². The van der Waals surface area contributed by atoms with E-state index in [1.54, 1.807) is 41.1 Å². The van der Waals surface area contributed by atoms with Gasteiger partial charge in [-0.1, -0.05) is 36.4 Å². The molecular weight excluding hydrogens is 403 g/mol. The van der Waals surface area contributed by atoms with Gasteiger partial charge in [-0.15, -0.1) is 0 Å². The molecule has 0 unspecified atom stereocenters. The summed E-state index contributed by atoms with van der Waals surface area (Å²) in [5.74, 6) is -0.326. The molecule has 2 heterocycles. The maximum atomic E-state index is 13.6. The molecule has 0 saturated carbocycles. The third kappa shape index (κ3) is 3.08. The molecule has 0 aliphatic carbocycles. The van der Waals surface area contributed by atoms with E-state index in [1.165, 1.54) is 12.1 Å². The molecule has 0 amide bonds. The van der Waals surface area contributed by atoms with E-state index in [-0.39, 0.29) is 11.6 Å². The number of aryl methyl sites for hydroxylation is 1. The lowest BCUT2D eigenvalue weighted by atomic mass is 9.93. The zero-order valence-corrected chi connectivity index (χ0v) is 17.1. The highest BCUT2D eigenvalue weighted by atomic mass is 19.1. The van der Waals surface area contributed by atoms with Crippen molar-refractivity contribution in [1.82, 2.24) is 14.8 Å². The van der Waals surface area contributed by atoms with E-state index in [0.717, 1.165) is 5.69 Å². The molecule has 0 aliphatic heterocycles. The number of halogens is 1. The molecule has 0 spiro atoms. The summed E-state index contributed by atoms with van der Waals surface area (Å²) in [5, 5.41) is 26.2. The lowest BCUT2D eigenvalue weighted by Crippen LogP contribution is -2.01. The van der Waals surface area contributed by atoms with Gasteiger partial charge < -0.3 is 5.11 Å². The third-order valence-electron chi connectivity index (χ3n) is 5.39. The Bertz CT molecular complexity index is 1500. The molecule has 5 nitrogen and oxygen atoms in total. The number of nitrogens with zero attached hydrogens (tertiary/aromatic N) is 4. The van der Waals surface area contributed by atoms with Gasteiger partial charge in [-0.05, 0) is 49.4 Å². The Kier molecular flexibility index (Phi) is 4.65. The fourth-order valence-corrected chi connectivity index (χ4v) is 3.95. The van der Waals surface area contributed by atoms with Crippen molar-refractivity contribution in [2.45, 2.75) is 6.92 Å². The maximum Gasteiger partial charge on any atom is 0.164 e. The summed E-state index contributed by atoms with van der Waals surface area (Å²) in [6.45, 7) is 1.85. The number of nitriles is 1. The summed E-state index contributed by atoms with van der Waals surface area (Å²) in [6.07, 6.45) is 0. The Morgan fingerprint density at radius 1 is 0.938 bits per heavy atom. The van der Waals surface area contributed by atoms with Gasteiger partial charge in [0.15, 0.2) is 5.65 Å². The summed E-state index contributed by atoms with van der Waals surface area (Å²) < 4.78 is 15.3. The van der Waals surface area contributed by atoms with Crippen molar-refractivity contribution in [3.8, 4) is 39.9 Å². The zero-order valence-electron chi connectivity index (χ0n) is 17.1. The summed E-state index contributed by atoms with van der Waals surface area (Å²) in [4.78, 5) is 4.83. The number of hydrogen-bond donors (Lipinski definition) is 1. The van der Waals surface area contributed by atoms with Crippen LogP contribution in [0.3, 0.4) is 0 Å². The standard InChI is InChI=1S/C26H17FN4O/c1-16-23-24(20-9-5-6-10-22(20)32)21(15-28)25(17-11-13-18(27)14-12-17)29-26(23)31(30-16)19-7-3-2-4-8-19/h2-14,32H,1H3. The first-order chi connectivity index (χ1) is 15.6. The molecule has 5 rings (SSSR count). The van der Waals surface area contributed by atoms with Crippen LogP contribution in [0.15, 0.2) is 78.9 Å². The lowest BCUT2D eigenvalue weighted by Gasteiger charge is -2.14. The molecule has 0 radical (unpaired) electrons. The van der Waals surface area contributed by atoms with Crippen LogP contribution in [0.4, 0.5) is 4.39 Å². The first kappa shape index (κ1) is 19.5. The van der Waals surface area contributed by atoms with Crippen molar-refractivity contribution < 1.29 is 9.50 Å². The van der Waals surface area contributed by atoms with Gasteiger partial charge in [-0.2, -0.15) is 10.4 Å². The number of para-hydroxylation sites is 2. The molecule has 5 aromatic rings. The van der Waals surface area contributed by atoms with Crippen LogP contribution in [-0.4, -0.2) is 19.9 Å². The first-order valence-electron chi connectivity index (χ1n) is 10.0. The van der Waals surface area contributed by atoms with Gasteiger partial charge in [0.25, 0.3) is 0 Å². The number of fused-ring (bicyclic) bond motifs is 1. The zero-order chi connectivity index (χ0) is 22.2. The Hall–Kier alpha value is -4.50. The van der Waals surface area contributed by atoms with Gasteiger partial charge in [0.1, 0.15) is 17.6 Å². The molecule has 0 aliphatic rings. The van der Waals surface area contributed by atoms with Crippen molar-refractivity contribution in [3.63, 3.8) is 0 Å². The van der Waals surface area contributed by atoms with Gasteiger partial charge in [0.2, 0.25) is 0 Å². The second-order valence-corrected chi connectivity index (χ2v) is 7.38. The Labute approximate surface area is 183 Å². The number of phenolic OH excluding ortho intramolecular Hbond substituents is 1. The van der Waals surface area contributed by atoms with Gasteiger partial charge in [0.05, 0.1) is 28.0 Å². The van der Waals surface area contributed by atoms with E-state index in [2.05, 4.69) is 6.07 Å². The molecule has 1 N–H and O–H groups in total. The number of aromatic nitrogens is 3. The van der Waals surface area contributed by atoms with Crippen molar-refractivity contribution in [2.75, 3.05) is 0 Å². The van der Waals surface area contributed by atoms with Crippen LogP contribution in [0.1, 0.15) is 11.3 Å². The predicted molar refractivity (Wildman–Crippen MR) is 121 cm³/mol. The molecule has 154 valence electrons. The Balaban J connectivity index is 1.96. The first-order valence-corrected chi connectivity index (χ1v) is 10.0. The second-order valence-electron chi connectivity index (χ2n) is 7.38. The van der Waals surface area contributed by atoms with Gasteiger partial charge in [-0.3, -0.25) is 0 Å². The minimum atomic E-state index is -0.376. The highest BCUT2D eigenvalue weighted by molar-refractivity contribution is 6.02. The maximum absolute atomic E-state index is 13.6. The largest absolute Gasteiger partial charge is 0.507 e. The fourth-order valence-electron chi connectivity index (χ4n) is 3.95. The molecule has 0 bridgehead atoms. The summed E-state index contributed by atoms with van der Waals surface area (Å²) in [5.41, 5.74) is 4.39. The molecule has 3 aromatic carbocycles. The van der Waals surface area contributed by atoms with E-state index in [9.17, 15) is 14.8 Å². The highest BCUT2D eigenvalue weighted by Gasteiger charge is 2.24. The third-order valence-corrected chi connectivity index (χ3v) is 5.39. The summed E-state index contributed by atoms with van der Waals surface area (Å²) in [7, 11) is 0. The average molecular weight is 420 g/mol. The fraction of sp³-hybridized carbons (Fsp3) is 0.0385. The average Bonchev–Trinajstić information content (AvgIpc) is 3.15. The Morgan fingerprint density at radius 2 is 1.62 bits per heavy atom. The van der Waals surface area contributed by atoms with E-state index < -0.39 is 0 Å². The predicted octanol–water partition coefficient (Wildman–Crippen LogP) is 5.78. The van der Waals surface area contributed by atoms with Crippen LogP contribution >= 0.6 is 0 Å². The van der Waals surface area contributed by atoms with Gasteiger partial charge >= 0.3 is 0 Å². The highest BCUT2D eigenvalue weighted by Crippen LogP contribution is 2.41. The van der Waals surface area contributed by atoms with E-state index in [4.69, 9.17) is 10.1 Å². The van der Waals surface area contributed by atoms with Crippen molar-refractivity contribution in [2.24, 2.45) is 0 Å². The van der Waals surface area contributed by atoms with E-state index >= 15 is 0 Å². The molecule has 0 atom stereocenters. The topological polar surface area (TPSA) is 74.7 Å². The van der Waals surface area contributed by atoms with Crippen LogP contribution in [0, 0.1) is 24.1 Å². The van der Waals surface area contributed by atoms with Crippen LogP contribution in [-0.2, 0) is 0 Å². The number of pyridine rings is 1. The molecule has 0 fully saturated rings. The van der Waals surface area contributed by atoms with Crippen molar-refractivity contribution in [1.29, 1.82) is 5.26 Å². The summed E-state index contributed by atoms with van der Waals surface area (Å²) in [6, 6.07) is 24.6. The van der Waals surface area contributed by atoms with Crippen LogP contribution in [0.25, 0.3) is 39.1 Å². The number of aromatic hydroxyl groups is 1. The molecule has 2 aromatic heterocycles. The van der Waals surface area contributed by atoms with E-state index in [0.29, 0.717) is 44.7 Å². The normalized spacial score (nSPS) is 10.9. The van der Waals surface area contributed by atoms with Gasteiger partial charge in [0, 0.05) is 16.7 Å². The number of phenols is 1. The molecule has 32 heavy (non-hydrogen) atoms. The minimum absolute atomic E-state index is 0.0495. The number of benzene rings is 3. The van der Waals surface area contributed by atoms with Crippen LogP contribution in [0.5, 0.6) is 5.75 Å². The smallest absolute Gasteiger partial charge is 0.164 e. The van der Waals surface area contributed by atoms with Crippen molar-refractivity contribution in [3.05, 3.63) is 95.9 Å². The SMILES string of the molecule is Cc1nn(-c2ccccc2)c2nc(-c3ccc(F)cc3)c(C#N)c(-c3ccccc3O)c12. The monoisotopic (exact) mass is 420 g/mol. The quantitative estimate of drug-likeness (QED) is 0.401. The van der Waals surface area contributed by atoms with Gasteiger partial charge in [-0.25, -0.2) is 14.1 Å². The molecular formula is C26H17FN4O. The molecule has 6 heteroatoms. The van der Waals surface area contributed by atoms with Crippen LogP contribution in [0.2, 0.25) is 0 Å². The van der Waals surface area contributed by atoms with Crippen molar-refractivity contribution >= 4 is 11.0 Å². The van der Waals surface area contributed by atoms with E-state index in [1.807, 2.05) is 37.3 Å². The minimum Gasteiger partial charge on any atom is -0.507 e. The summed E-state index contributed by atoms with van der Waals surface area (Å²) >= 11 is 0. The Morgan fingerprint density at radius 3 is 2.31 bits per heavy atom. The molecule has 0 saturated heterocycles. The second kappa shape index (κ2) is 7.64. The number of rotatable bonds is 3. The number of hydrogen-bond acceptors (Lipinski definition) is 4. The lowest BCUT2D eigenvalue weighted by molar-refractivity contribution is 0.477.